The molecule has 0 spiro atoms. The van der Waals surface area contributed by atoms with Gasteiger partial charge in [-0.3, -0.25) is 9.79 Å². The Morgan fingerprint density at radius 1 is 1.00 bits per heavy atom. The van der Waals surface area contributed by atoms with E-state index in [1.165, 1.54) is 22.5 Å². The van der Waals surface area contributed by atoms with Crippen molar-refractivity contribution < 1.29 is 9.21 Å². The summed E-state index contributed by atoms with van der Waals surface area (Å²) in [5.74, 6) is 1.22. The van der Waals surface area contributed by atoms with E-state index in [4.69, 9.17) is 4.42 Å². The lowest BCUT2D eigenvalue weighted by Crippen LogP contribution is -2.20. The summed E-state index contributed by atoms with van der Waals surface area (Å²) in [6.45, 7) is 1.22. The van der Waals surface area contributed by atoms with Crippen LogP contribution in [0.4, 0.5) is 5.69 Å². The van der Waals surface area contributed by atoms with Gasteiger partial charge in [0.25, 0.3) is 5.91 Å². The summed E-state index contributed by atoms with van der Waals surface area (Å²) in [7, 11) is 0. The number of benzene rings is 3. The standard InChI is InChI=1S/C26H20BrN3O2S/c27-19-10-8-18(9-11-19)23-13-12-20(32-23)16-24-25(31)30-26(33-24)29-15-14-28-22-7-3-5-17-4-1-2-6-21(17)22/h1-13,16,28H,14-15H2,(H,29,30,31). The van der Waals surface area contributed by atoms with Gasteiger partial charge in [-0.05, 0) is 47.5 Å². The number of nitrogens with zero attached hydrogens (tertiary/aromatic N) is 1. The second kappa shape index (κ2) is 9.68. The number of hydrogen-bond acceptors (Lipinski definition) is 5. The normalized spacial score (nSPS) is 16.0. The number of rotatable bonds is 6. The van der Waals surface area contributed by atoms with Gasteiger partial charge in [-0.15, -0.1) is 0 Å². The molecule has 5 nitrogen and oxygen atoms in total. The zero-order valence-electron chi connectivity index (χ0n) is 17.5. The van der Waals surface area contributed by atoms with Crippen LogP contribution in [-0.4, -0.2) is 24.2 Å². The lowest BCUT2D eigenvalue weighted by Gasteiger charge is -2.08. The lowest BCUT2D eigenvalue weighted by atomic mass is 10.1. The highest BCUT2D eigenvalue weighted by molar-refractivity contribution is 9.10. The molecule has 164 valence electrons. The van der Waals surface area contributed by atoms with Crippen molar-refractivity contribution in [2.75, 3.05) is 18.4 Å². The van der Waals surface area contributed by atoms with Gasteiger partial charge >= 0.3 is 0 Å². The molecule has 33 heavy (non-hydrogen) atoms. The van der Waals surface area contributed by atoms with E-state index in [1.54, 1.807) is 6.08 Å². The molecule has 1 aliphatic heterocycles. The van der Waals surface area contributed by atoms with E-state index >= 15 is 0 Å². The van der Waals surface area contributed by atoms with E-state index < -0.39 is 0 Å². The highest BCUT2D eigenvalue weighted by atomic mass is 79.9. The summed E-state index contributed by atoms with van der Waals surface area (Å²) in [6.07, 6.45) is 1.75. The molecule has 0 saturated carbocycles. The zero-order valence-corrected chi connectivity index (χ0v) is 19.9. The minimum absolute atomic E-state index is 0.164. The minimum atomic E-state index is -0.164. The van der Waals surface area contributed by atoms with Gasteiger partial charge in [0.05, 0.1) is 11.4 Å². The van der Waals surface area contributed by atoms with Gasteiger partial charge in [0, 0.05) is 33.7 Å². The first kappa shape index (κ1) is 21.6. The van der Waals surface area contributed by atoms with Crippen LogP contribution in [0.5, 0.6) is 0 Å². The minimum Gasteiger partial charge on any atom is -0.457 e. The van der Waals surface area contributed by atoms with Gasteiger partial charge in [0.2, 0.25) is 0 Å². The molecule has 3 aromatic carbocycles. The fraction of sp³-hybridized carbons (Fsp3) is 0.0769. The number of nitrogens with one attached hydrogen (secondary N) is 2. The summed E-state index contributed by atoms with van der Waals surface area (Å²) in [5, 5.41) is 9.25. The Balaban J connectivity index is 1.20. The maximum atomic E-state index is 12.4. The third-order valence-corrected chi connectivity index (χ3v) is 6.63. The van der Waals surface area contributed by atoms with Crippen LogP contribution < -0.4 is 10.6 Å². The highest BCUT2D eigenvalue weighted by Crippen LogP contribution is 2.29. The van der Waals surface area contributed by atoms with Crippen molar-refractivity contribution in [1.82, 2.24) is 5.32 Å². The predicted molar refractivity (Wildman–Crippen MR) is 140 cm³/mol. The SMILES string of the molecule is O=C1NC(=NCCNc2cccc3ccccc23)SC1=Cc1ccc(-c2ccc(Br)cc2)o1. The van der Waals surface area contributed by atoms with Crippen LogP contribution >= 0.6 is 27.7 Å². The predicted octanol–water partition coefficient (Wildman–Crippen LogP) is 6.53. The molecule has 4 aromatic rings. The van der Waals surface area contributed by atoms with Crippen molar-refractivity contribution in [2.24, 2.45) is 4.99 Å². The van der Waals surface area contributed by atoms with Crippen LogP contribution in [0, 0.1) is 0 Å². The first-order valence-corrected chi connectivity index (χ1v) is 12.1. The van der Waals surface area contributed by atoms with Crippen LogP contribution in [0.15, 0.2) is 97.7 Å². The van der Waals surface area contributed by atoms with E-state index in [0.29, 0.717) is 28.9 Å². The second-order valence-electron chi connectivity index (χ2n) is 7.41. The van der Waals surface area contributed by atoms with Crippen LogP contribution in [0.25, 0.3) is 28.2 Å². The molecule has 1 amide bonds. The molecular weight excluding hydrogens is 498 g/mol. The number of amidine groups is 1. The Bertz CT molecular complexity index is 1370. The van der Waals surface area contributed by atoms with E-state index in [1.807, 2.05) is 54.6 Å². The van der Waals surface area contributed by atoms with Gasteiger partial charge in [0.15, 0.2) is 5.17 Å². The first-order chi connectivity index (χ1) is 16.2. The highest BCUT2D eigenvalue weighted by Gasteiger charge is 2.24. The number of aliphatic imine (C=N–C) groups is 1. The van der Waals surface area contributed by atoms with Gasteiger partial charge in [0.1, 0.15) is 11.5 Å². The van der Waals surface area contributed by atoms with Crippen LogP contribution in [-0.2, 0) is 4.79 Å². The molecule has 0 radical (unpaired) electrons. The van der Waals surface area contributed by atoms with Gasteiger partial charge in [-0.2, -0.15) is 0 Å². The zero-order chi connectivity index (χ0) is 22.6. The fourth-order valence-electron chi connectivity index (χ4n) is 3.56. The Morgan fingerprint density at radius 3 is 2.70 bits per heavy atom. The van der Waals surface area contributed by atoms with E-state index in [2.05, 4.69) is 55.8 Å². The number of carbonyl (C=O) groups is 1. The summed E-state index contributed by atoms with van der Waals surface area (Å²) in [5.41, 5.74) is 2.06. The molecule has 0 atom stereocenters. The largest absolute Gasteiger partial charge is 0.457 e. The molecule has 1 aliphatic rings. The third-order valence-electron chi connectivity index (χ3n) is 5.15. The van der Waals surface area contributed by atoms with Crippen molar-refractivity contribution in [3.05, 3.63) is 94.0 Å². The molecule has 1 aromatic heterocycles. The topological polar surface area (TPSA) is 66.6 Å². The maximum absolute atomic E-state index is 12.4. The van der Waals surface area contributed by atoms with Crippen molar-refractivity contribution in [1.29, 1.82) is 0 Å². The third kappa shape index (κ3) is 5.05. The number of thioether (sulfide) groups is 1. The Morgan fingerprint density at radius 2 is 1.82 bits per heavy atom. The summed E-state index contributed by atoms with van der Waals surface area (Å²) < 4.78 is 6.92. The Labute approximate surface area is 204 Å². The number of hydrogen-bond donors (Lipinski definition) is 2. The van der Waals surface area contributed by atoms with Crippen LogP contribution in [0.3, 0.4) is 0 Å². The lowest BCUT2D eigenvalue weighted by molar-refractivity contribution is -0.115. The number of fused-ring (bicyclic) bond motifs is 1. The molecule has 7 heteroatoms. The summed E-state index contributed by atoms with van der Waals surface area (Å²) >= 11 is 4.76. The molecular formula is C26H20BrN3O2S. The Kier molecular flexibility index (Phi) is 6.32. The van der Waals surface area contributed by atoms with Crippen molar-refractivity contribution >= 4 is 61.3 Å². The Hall–Kier alpha value is -3.29. The molecule has 5 rings (SSSR count). The van der Waals surface area contributed by atoms with Gasteiger partial charge in [-0.1, -0.05) is 64.5 Å². The quantitative estimate of drug-likeness (QED) is 0.225. The number of amides is 1. The van der Waals surface area contributed by atoms with Gasteiger partial charge < -0.3 is 15.1 Å². The average molecular weight is 518 g/mol. The fourth-order valence-corrected chi connectivity index (χ4v) is 4.65. The molecule has 0 unspecified atom stereocenters. The van der Waals surface area contributed by atoms with Crippen molar-refractivity contribution in [2.45, 2.75) is 0 Å². The second-order valence-corrected chi connectivity index (χ2v) is 9.36. The molecule has 0 bridgehead atoms. The van der Waals surface area contributed by atoms with E-state index in [-0.39, 0.29) is 5.91 Å². The van der Waals surface area contributed by atoms with Crippen molar-refractivity contribution in [3.8, 4) is 11.3 Å². The van der Waals surface area contributed by atoms with Crippen molar-refractivity contribution in [3.63, 3.8) is 0 Å². The number of anilines is 1. The first-order valence-electron chi connectivity index (χ1n) is 10.5. The van der Waals surface area contributed by atoms with Crippen LogP contribution in [0.1, 0.15) is 5.76 Å². The van der Waals surface area contributed by atoms with E-state index in [0.717, 1.165) is 21.5 Å². The monoisotopic (exact) mass is 517 g/mol. The molecule has 2 heterocycles. The molecule has 1 fully saturated rings. The summed E-state index contributed by atoms with van der Waals surface area (Å²) in [4.78, 5) is 17.5. The molecule has 2 N–H and O–H groups in total. The van der Waals surface area contributed by atoms with Gasteiger partial charge in [-0.25, -0.2) is 0 Å². The maximum Gasteiger partial charge on any atom is 0.264 e. The number of carbonyl (C=O) groups excluding carboxylic acids is 1. The average Bonchev–Trinajstić information content (AvgIpc) is 3.44. The van der Waals surface area contributed by atoms with E-state index in [9.17, 15) is 4.79 Å². The van der Waals surface area contributed by atoms with Crippen LogP contribution in [0.2, 0.25) is 0 Å². The smallest absolute Gasteiger partial charge is 0.264 e. The molecule has 1 saturated heterocycles. The molecule has 0 aliphatic carbocycles. The summed E-state index contributed by atoms with van der Waals surface area (Å²) in [6, 6.07) is 26.1. The number of halogens is 1. The number of furan rings is 1.